The van der Waals surface area contributed by atoms with Crippen molar-refractivity contribution in [2.75, 3.05) is 13.1 Å². The summed E-state index contributed by atoms with van der Waals surface area (Å²) in [5.41, 5.74) is 0.651. The van der Waals surface area contributed by atoms with Gasteiger partial charge >= 0.3 is 0 Å². The Bertz CT molecular complexity index is 504. The summed E-state index contributed by atoms with van der Waals surface area (Å²) in [7, 11) is 0. The van der Waals surface area contributed by atoms with E-state index in [-0.39, 0.29) is 22.5 Å². The van der Waals surface area contributed by atoms with Crippen molar-refractivity contribution in [2.24, 2.45) is 0 Å². The number of amides is 1. The second-order valence-electron chi connectivity index (χ2n) is 4.36. The van der Waals surface area contributed by atoms with Crippen molar-refractivity contribution in [1.29, 1.82) is 0 Å². The van der Waals surface area contributed by atoms with E-state index in [1.54, 1.807) is 24.0 Å². The zero-order chi connectivity index (χ0) is 13.3. The molecule has 2 rings (SSSR count). The van der Waals surface area contributed by atoms with Gasteiger partial charge < -0.3 is 4.90 Å². The number of likely N-dealkylation sites (tertiary alicyclic amines) is 1. The molecular weight excluding hydrogens is 256 g/mol. The summed E-state index contributed by atoms with van der Waals surface area (Å²) in [6.07, 6.45) is 0.729. The molecule has 1 fully saturated rings. The number of nitro groups is 1. The number of alkyl halides is 1. The number of rotatable bonds is 2. The molecule has 0 aromatic heterocycles. The Balaban J connectivity index is 2.38. The Morgan fingerprint density at radius 2 is 2.28 bits per heavy atom. The zero-order valence-electron chi connectivity index (χ0n) is 9.93. The molecule has 0 N–H and O–H groups in total. The molecule has 0 saturated carbocycles. The maximum atomic E-state index is 12.3. The Morgan fingerprint density at radius 3 is 2.83 bits per heavy atom. The van der Waals surface area contributed by atoms with E-state index in [1.807, 2.05) is 0 Å². The zero-order valence-corrected chi connectivity index (χ0v) is 10.7. The molecule has 5 nitrogen and oxygen atoms in total. The van der Waals surface area contributed by atoms with Crippen LogP contribution in [0.4, 0.5) is 5.69 Å². The molecule has 18 heavy (non-hydrogen) atoms. The topological polar surface area (TPSA) is 63.5 Å². The Labute approximate surface area is 109 Å². The first-order valence-electron chi connectivity index (χ1n) is 5.68. The van der Waals surface area contributed by atoms with Crippen LogP contribution < -0.4 is 0 Å². The largest absolute Gasteiger partial charge is 0.337 e. The lowest BCUT2D eigenvalue weighted by Gasteiger charge is -2.16. The van der Waals surface area contributed by atoms with Crippen LogP contribution in [0.2, 0.25) is 0 Å². The van der Waals surface area contributed by atoms with Gasteiger partial charge in [0.1, 0.15) is 5.56 Å². The summed E-state index contributed by atoms with van der Waals surface area (Å²) in [5.74, 6) is -0.303. The van der Waals surface area contributed by atoms with E-state index in [0.29, 0.717) is 18.7 Å². The van der Waals surface area contributed by atoms with E-state index in [1.165, 1.54) is 6.07 Å². The third-order valence-corrected chi connectivity index (χ3v) is 3.44. The Kier molecular flexibility index (Phi) is 3.52. The van der Waals surface area contributed by atoms with Crippen LogP contribution >= 0.6 is 11.6 Å². The van der Waals surface area contributed by atoms with Gasteiger partial charge in [-0.2, -0.15) is 0 Å². The van der Waals surface area contributed by atoms with Crippen LogP contribution in [0.1, 0.15) is 22.3 Å². The Morgan fingerprint density at radius 1 is 1.56 bits per heavy atom. The molecule has 6 heteroatoms. The number of halogens is 1. The molecule has 1 unspecified atom stereocenters. The standard InChI is InChI=1S/C12H13ClN2O3/c1-8-3-2-4-10(15(17)18)11(8)12(16)14-6-5-9(13)7-14/h2-4,9H,5-7H2,1H3. The van der Waals surface area contributed by atoms with Gasteiger partial charge in [0.05, 0.1) is 10.3 Å². The summed E-state index contributed by atoms with van der Waals surface area (Å²) in [6, 6.07) is 4.64. The van der Waals surface area contributed by atoms with Gasteiger partial charge in [0.15, 0.2) is 0 Å². The summed E-state index contributed by atoms with van der Waals surface area (Å²) in [5, 5.41) is 10.9. The molecule has 0 spiro atoms. The Hall–Kier alpha value is -1.62. The highest BCUT2D eigenvalue weighted by Gasteiger charge is 2.30. The fourth-order valence-electron chi connectivity index (χ4n) is 2.14. The number of hydrogen-bond acceptors (Lipinski definition) is 3. The molecule has 0 bridgehead atoms. The number of nitro benzene ring substituents is 1. The number of nitrogens with zero attached hydrogens (tertiary/aromatic N) is 2. The average molecular weight is 269 g/mol. The fourth-order valence-corrected chi connectivity index (χ4v) is 2.41. The van der Waals surface area contributed by atoms with Crippen molar-refractivity contribution in [3.63, 3.8) is 0 Å². The van der Waals surface area contributed by atoms with Crippen LogP contribution in [0.25, 0.3) is 0 Å². The van der Waals surface area contributed by atoms with Gasteiger partial charge in [0, 0.05) is 19.2 Å². The lowest BCUT2D eigenvalue weighted by molar-refractivity contribution is -0.385. The highest BCUT2D eigenvalue weighted by Crippen LogP contribution is 2.26. The number of carbonyl (C=O) groups excluding carboxylic acids is 1. The average Bonchev–Trinajstić information content (AvgIpc) is 2.74. The highest BCUT2D eigenvalue weighted by atomic mass is 35.5. The van der Waals surface area contributed by atoms with Gasteiger partial charge in [0.2, 0.25) is 0 Å². The maximum absolute atomic E-state index is 12.3. The third-order valence-electron chi connectivity index (χ3n) is 3.08. The first-order chi connectivity index (χ1) is 8.50. The number of carbonyl (C=O) groups is 1. The van der Waals surface area contributed by atoms with E-state index in [9.17, 15) is 14.9 Å². The molecule has 1 atom stereocenters. The van der Waals surface area contributed by atoms with Crippen LogP contribution in [-0.4, -0.2) is 34.2 Å². The molecule has 1 aromatic rings. The van der Waals surface area contributed by atoms with Gasteiger partial charge in [0.25, 0.3) is 11.6 Å². The third kappa shape index (κ3) is 2.31. The number of hydrogen-bond donors (Lipinski definition) is 0. The van der Waals surface area contributed by atoms with Crippen molar-refractivity contribution in [1.82, 2.24) is 4.90 Å². The minimum Gasteiger partial charge on any atom is -0.337 e. The summed E-state index contributed by atoms with van der Waals surface area (Å²) in [6.45, 7) is 2.71. The maximum Gasteiger partial charge on any atom is 0.282 e. The minimum absolute atomic E-state index is 0.0583. The molecule has 1 aliphatic rings. The molecule has 0 radical (unpaired) electrons. The first kappa shape index (κ1) is 12.8. The molecule has 1 aromatic carbocycles. The van der Waals surface area contributed by atoms with Crippen LogP contribution in [0, 0.1) is 17.0 Å². The van der Waals surface area contributed by atoms with Crippen LogP contribution in [0.3, 0.4) is 0 Å². The van der Waals surface area contributed by atoms with Gasteiger partial charge in [-0.15, -0.1) is 11.6 Å². The van der Waals surface area contributed by atoms with Gasteiger partial charge in [-0.05, 0) is 18.9 Å². The van der Waals surface area contributed by atoms with Crippen molar-refractivity contribution < 1.29 is 9.72 Å². The molecule has 0 aliphatic carbocycles. The number of benzene rings is 1. The lowest BCUT2D eigenvalue weighted by Crippen LogP contribution is -2.30. The molecule has 1 heterocycles. The van der Waals surface area contributed by atoms with Crippen molar-refractivity contribution in [3.8, 4) is 0 Å². The monoisotopic (exact) mass is 268 g/mol. The van der Waals surface area contributed by atoms with E-state index in [0.717, 1.165) is 6.42 Å². The van der Waals surface area contributed by atoms with Crippen molar-refractivity contribution >= 4 is 23.2 Å². The lowest BCUT2D eigenvalue weighted by atomic mass is 10.1. The van der Waals surface area contributed by atoms with Crippen molar-refractivity contribution in [2.45, 2.75) is 18.7 Å². The number of aryl methyl sites for hydroxylation is 1. The predicted molar refractivity (Wildman–Crippen MR) is 68.0 cm³/mol. The molecular formula is C12H13ClN2O3. The van der Waals surface area contributed by atoms with Crippen LogP contribution in [-0.2, 0) is 0 Å². The van der Waals surface area contributed by atoms with Gasteiger partial charge in [-0.25, -0.2) is 0 Å². The van der Waals surface area contributed by atoms with E-state index in [2.05, 4.69) is 0 Å². The normalized spacial score (nSPS) is 19.0. The molecule has 1 amide bonds. The van der Waals surface area contributed by atoms with Crippen LogP contribution in [0.5, 0.6) is 0 Å². The smallest absolute Gasteiger partial charge is 0.282 e. The second-order valence-corrected chi connectivity index (χ2v) is 4.98. The molecule has 1 saturated heterocycles. The van der Waals surface area contributed by atoms with E-state index < -0.39 is 4.92 Å². The second kappa shape index (κ2) is 4.94. The molecule has 96 valence electrons. The van der Waals surface area contributed by atoms with E-state index >= 15 is 0 Å². The quantitative estimate of drug-likeness (QED) is 0.470. The molecule has 1 aliphatic heterocycles. The summed E-state index contributed by atoms with van der Waals surface area (Å²) >= 11 is 5.95. The minimum atomic E-state index is -0.519. The SMILES string of the molecule is Cc1cccc([N+](=O)[O-])c1C(=O)N1CCC(Cl)C1. The van der Waals surface area contributed by atoms with Crippen LogP contribution in [0.15, 0.2) is 18.2 Å². The predicted octanol–water partition coefficient (Wildman–Crippen LogP) is 2.36. The van der Waals surface area contributed by atoms with E-state index in [4.69, 9.17) is 11.6 Å². The summed E-state index contributed by atoms with van der Waals surface area (Å²) in [4.78, 5) is 24.3. The van der Waals surface area contributed by atoms with Gasteiger partial charge in [-0.3, -0.25) is 14.9 Å². The van der Waals surface area contributed by atoms with Gasteiger partial charge in [-0.1, -0.05) is 12.1 Å². The highest BCUT2D eigenvalue weighted by molar-refractivity contribution is 6.21. The first-order valence-corrected chi connectivity index (χ1v) is 6.11. The summed E-state index contributed by atoms with van der Waals surface area (Å²) < 4.78 is 0. The fraction of sp³-hybridized carbons (Fsp3) is 0.417. The van der Waals surface area contributed by atoms with Crippen molar-refractivity contribution in [3.05, 3.63) is 39.4 Å².